The monoisotopic (exact) mass is 263 g/mol. The first kappa shape index (κ1) is 12.7. The van der Waals surface area contributed by atoms with Crippen molar-refractivity contribution in [3.8, 4) is 11.3 Å². The van der Waals surface area contributed by atoms with Crippen LogP contribution in [0.5, 0.6) is 0 Å². The highest BCUT2D eigenvalue weighted by atomic mass is 32.1. The van der Waals surface area contributed by atoms with Gasteiger partial charge in [-0.3, -0.25) is 10.1 Å². The standard InChI is InChI=1S/C12H13N3O2S/c1-8(13)5-12-14-11(7-18-12)9-3-2-4-10(6-9)15(16)17/h2-4,6-8H,5,13H2,1H3. The highest BCUT2D eigenvalue weighted by Crippen LogP contribution is 2.25. The molecule has 1 heterocycles. The zero-order chi connectivity index (χ0) is 13.1. The summed E-state index contributed by atoms with van der Waals surface area (Å²) in [5, 5.41) is 13.6. The van der Waals surface area contributed by atoms with Crippen LogP contribution in [0, 0.1) is 10.1 Å². The van der Waals surface area contributed by atoms with Crippen LogP contribution < -0.4 is 5.73 Å². The fraction of sp³-hybridized carbons (Fsp3) is 0.250. The quantitative estimate of drug-likeness (QED) is 0.679. The summed E-state index contributed by atoms with van der Waals surface area (Å²) < 4.78 is 0. The molecule has 0 aliphatic carbocycles. The summed E-state index contributed by atoms with van der Waals surface area (Å²) in [6.07, 6.45) is 0.722. The molecular formula is C12H13N3O2S. The molecular weight excluding hydrogens is 250 g/mol. The number of aromatic nitrogens is 1. The molecule has 1 unspecified atom stereocenters. The lowest BCUT2D eigenvalue weighted by Gasteiger charge is -1.99. The van der Waals surface area contributed by atoms with E-state index in [2.05, 4.69) is 4.98 Å². The van der Waals surface area contributed by atoms with Crippen LogP contribution in [-0.4, -0.2) is 15.9 Å². The van der Waals surface area contributed by atoms with Crippen LogP contribution in [0.25, 0.3) is 11.3 Å². The zero-order valence-corrected chi connectivity index (χ0v) is 10.7. The molecule has 0 saturated heterocycles. The Morgan fingerprint density at radius 2 is 2.33 bits per heavy atom. The van der Waals surface area contributed by atoms with E-state index in [1.54, 1.807) is 6.07 Å². The minimum Gasteiger partial charge on any atom is -0.328 e. The molecule has 2 rings (SSSR count). The third-order valence-corrected chi connectivity index (χ3v) is 3.27. The molecule has 5 nitrogen and oxygen atoms in total. The summed E-state index contributed by atoms with van der Waals surface area (Å²) in [6.45, 7) is 1.93. The zero-order valence-electron chi connectivity index (χ0n) is 9.87. The Labute approximate surface area is 108 Å². The Balaban J connectivity index is 2.28. The number of benzene rings is 1. The van der Waals surface area contributed by atoms with Gasteiger partial charge >= 0.3 is 0 Å². The van der Waals surface area contributed by atoms with Crippen LogP contribution in [-0.2, 0) is 6.42 Å². The summed E-state index contributed by atoms with van der Waals surface area (Å²) in [4.78, 5) is 14.7. The van der Waals surface area contributed by atoms with E-state index in [1.807, 2.05) is 18.4 Å². The summed E-state index contributed by atoms with van der Waals surface area (Å²) in [5.74, 6) is 0. The Kier molecular flexibility index (Phi) is 3.69. The average Bonchev–Trinajstić information content (AvgIpc) is 2.77. The molecule has 6 heteroatoms. The summed E-state index contributed by atoms with van der Waals surface area (Å²) in [5.41, 5.74) is 7.32. The van der Waals surface area contributed by atoms with Gasteiger partial charge in [0.05, 0.1) is 15.6 Å². The van der Waals surface area contributed by atoms with Crippen LogP contribution in [0.4, 0.5) is 5.69 Å². The van der Waals surface area contributed by atoms with E-state index in [-0.39, 0.29) is 11.7 Å². The highest BCUT2D eigenvalue weighted by Gasteiger charge is 2.10. The van der Waals surface area contributed by atoms with Crippen LogP contribution in [0.1, 0.15) is 11.9 Å². The normalized spacial score (nSPS) is 12.3. The molecule has 0 aliphatic heterocycles. The number of hydrogen-bond acceptors (Lipinski definition) is 5. The van der Waals surface area contributed by atoms with Crippen molar-refractivity contribution < 1.29 is 4.92 Å². The Hall–Kier alpha value is -1.79. The topological polar surface area (TPSA) is 82.0 Å². The van der Waals surface area contributed by atoms with E-state index < -0.39 is 4.92 Å². The molecule has 0 bridgehead atoms. The van der Waals surface area contributed by atoms with E-state index in [9.17, 15) is 10.1 Å². The molecule has 0 saturated carbocycles. The molecule has 0 radical (unpaired) electrons. The number of nitrogens with two attached hydrogens (primary N) is 1. The van der Waals surface area contributed by atoms with Gasteiger partial charge in [-0.25, -0.2) is 4.98 Å². The number of nitrogens with zero attached hydrogens (tertiary/aromatic N) is 2. The first-order valence-electron chi connectivity index (χ1n) is 5.51. The summed E-state index contributed by atoms with van der Waals surface area (Å²) in [6, 6.07) is 6.55. The lowest BCUT2D eigenvalue weighted by atomic mass is 10.1. The minimum atomic E-state index is -0.404. The van der Waals surface area contributed by atoms with Gasteiger partial charge in [0, 0.05) is 35.5 Å². The average molecular weight is 263 g/mol. The second-order valence-electron chi connectivity index (χ2n) is 4.12. The van der Waals surface area contributed by atoms with Gasteiger partial charge in [-0.2, -0.15) is 0 Å². The van der Waals surface area contributed by atoms with Crippen LogP contribution in [0.3, 0.4) is 0 Å². The smallest absolute Gasteiger partial charge is 0.270 e. The molecule has 2 N–H and O–H groups in total. The van der Waals surface area contributed by atoms with Gasteiger partial charge in [0.25, 0.3) is 5.69 Å². The van der Waals surface area contributed by atoms with E-state index in [1.165, 1.54) is 23.5 Å². The van der Waals surface area contributed by atoms with Crippen molar-refractivity contribution in [3.05, 3.63) is 44.8 Å². The highest BCUT2D eigenvalue weighted by molar-refractivity contribution is 7.09. The molecule has 0 fully saturated rings. The Bertz CT molecular complexity index is 566. The van der Waals surface area contributed by atoms with E-state index in [0.29, 0.717) is 0 Å². The van der Waals surface area contributed by atoms with Crippen LogP contribution in [0.15, 0.2) is 29.6 Å². The molecule has 1 atom stereocenters. The Morgan fingerprint density at radius 3 is 3.00 bits per heavy atom. The number of nitro groups is 1. The van der Waals surface area contributed by atoms with Crippen molar-refractivity contribution in [3.63, 3.8) is 0 Å². The van der Waals surface area contributed by atoms with Crippen molar-refractivity contribution >= 4 is 17.0 Å². The number of nitro benzene ring substituents is 1. The molecule has 0 aliphatic rings. The molecule has 0 amide bonds. The molecule has 2 aromatic rings. The molecule has 1 aromatic carbocycles. The maximum Gasteiger partial charge on any atom is 0.270 e. The fourth-order valence-electron chi connectivity index (χ4n) is 1.59. The molecule has 18 heavy (non-hydrogen) atoms. The van der Waals surface area contributed by atoms with Crippen molar-refractivity contribution in [2.45, 2.75) is 19.4 Å². The number of non-ortho nitro benzene ring substituents is 1. The predicted molar refractivity (Wildman–Crippen MR) is 71.6 cm³/mol. The van der Waals surface area contributed by atoms with E-state index in [4.69, 9.17) is 5.73 Å². The molecule has 0 spiro atoms. The van der Waals surface area contributed by atoms with Gasteiger partial charge in [0.2, 0.25) is 0 Å². The summed E-state index contributed by atoms with van der Waals surface area (Å²) in [7, 11) is 0. The lowest BCUT2D eigenvalue weighted by Crippen LogP contribution is -2.17. The first-order chi connectivity index (χ1) is 8.56. The van der Waals surface area contributed by atoms with Crippen molar-refractivity contribution in [2.24, 2.45) is 5.73 Å². The second-order valence-corrected chi connectivity index (χ2v) is 5.06. The van der Waals surface area contributed by atoms with Gasteiger partial charge in [0.1, 0.15) is 0 Å². The van der Waals surface area contributed by atoms with Gasteiger partial charge in [-0.05, 0) is 6.92 Å². The number of thiazole rings is 1. The van der Waals surface area contributed by atoms with Gasteiger partial charge < -0.3 is 5.73 Å². The largest absolute Gasteiger partial charge is 0.328 e. The maximum atomic E-state index is 10.7. The second kappa shape index (κ2) is 5.24. The molecule has 1 aromatic heterocycles. The van der Waals surface area contributed by atoms with Crippen molar-refractivity contribution in [1.29, 1.82) is 0 Å². The fourth-order valence-corrected chi connectivity index (χ4v) is 2.54. The number of rotatable bonds is 4. The first-order valence-corrected chi connectivity index (χ1v) is 6.39. The van der Waals surface area contributed by atoms with Gasteiger partial charge in [0.15, 0.2) is 0 Å². The SMILES string of the molecule is CC(N)Cc1nc(-c2cccc([N+](=O)[O-])c2)cs1. The van der Waals surface area contributed by atoms with Crippen LogP contribution in [0.2, 0.25) is 0 Å². The maximum absolute atomic E-state index is 10.7. The van der Waals surface area contributed by atoms with E-state index in [0.717, 1.165) is 22.7 Å². The minimum absolute atomic E-state index is 0.0640. The third-order valence-electron chi connectivity index (χ3n) is 2.40. The predicted octanol–water partition coefficient (Wildman–Crippen LogP) is 2.61. The van der Waals surface area contributed by atoms with E-state index >= 15 is 0 Å². The van der Waals surface area contributed by atoms with Gasteiger partial charge in [-0.15, -0.1) is 11.3 Å². The van der Waals surface area contributed by atoms with Crippen LogP contribution >= 0.6 is 11.3 Å². The number of hydrogen-bond donors (Lipinski definition) is 1. The lowest BCUT2D eigenvalue weighted by molar-refractivity contribution is -0.384. The van der Waals surface area contributed by atoms with Crippen molar-refractivity contribution in [1.82, 2.24) is 4.98 Å². The summed E-state index contributed by atoms with van der Waals surface area (Å²) >= 11 is 1.53. The molecule has 94 valence electrons. The Morgan fingerprint density at radius 1 is 1.56 bits per heavy atom. The third kappa shape index (κ3) is 2.91. The van der Waals surface area contributed by atoms with Gasteiger partial charge in [-0.1, -0.05) is 12.1 Å². The van der Waals surface area contributed by atoms with Crippen molar-refractivity contribution in [2.75, 3.05) is 0 Å².